The van der Waals surface area contributed by atoms with Crippen LogP contribution in [0.25, 0.3) is 0 Å². The van der Waals surface area contributed by atoms with Crippen LogP contribution in [0.2, 0.25) is 0 Å². The molecular weight excluding hydrogens is 274 g/mol. The summed E-state index contributed by atoms with van der Waals surface area (Å²) in [5.41, 5.74) is 2.02. The van der Waals surface area contributed by atoms with Crippen molar-refractivity contribution in [2.45, 2.75) is 53.4 Å². The maximum Gasteiger partial charge on any atom is 0.168 e. The van der Waals surface area contributed by atoms with Gasteiger partial charge in [-0.1, -0.05) is 38.2 Å². The molecule has 120 valence electrons. The smallest absolute Gasteiger partial charge is 0.168 e. The summed E-state index contributed by atoms with van der Waals surface area (Å²) in [6.45, 7) is 11.8. The van der Waals surface area contributed by atoms with Crippen LogP contribution in [0.3, 0.4) is 0 Å². The van der Waals surface area contributed by atoms with Crippen LogP contribution in [-0.4, -0.2) is 11.6 Å². The van der Waals surface area contributed by atoms with Crippen LogP contribution in [0.15, 0.2) is 47.9 Å². The van der Waals surface area contributed by atoms with Gasteiger partial charge in [0.2, 0.25) is 0 Å². The minimum Gasteiger partial charge on any atom is -0.361 e. The molecule has 3 heteroatoms. The third-order valence-corrected chi connectivity index (χ3v) is 3.74. The molecule has 1 fully saturated rings. The Kier molecular flexibility index (Phi) is 6.54. The first-order valence-electron chi connectivity index (χ1n) is 7.78. The Morgan fingerprint density at radius 2 is 1.91 bits per heavy atom. The molecule has 1 saturated carbocycles. The van der Waals surface area contributed by atoms with Crippen molar-refractivity contribution in [3.63, 3.8) is 0 Å². The molecule has 0 aliphatic heterocycles. The van der Waals surface area contributed by atoms with Crippen LogP contribution in [0.1, 0.15) is 53.4 Å². The molecule has 0 atom stereocenters. The summed E-state index contributed by atoms with van der Waals surface area (Å²) in [5, 5.41) is 3.06. The second-order valence-electron chi connectivity index (χ2n) is 6.67. The van der Waals surface area contributed by atoms with Gasteiger partial charge in [0.05, 0.1) is 5.57 Å². The summed E-state index contributed by atoms with van der Waals surface area (Å²) >= 11 is 0. The molecule has 0 radical (unpaired) electrons. The van der Waals surface area contributed by atoms with Gasteiger partial charge in [-0.2, -0.15) is 0 Å². The van der Waals surface area contributed by atoms with Crippen LogP contribution >= 0.6 is 0 Å². The number of Topliss-reactive ketones (excluding diaryl/α,β-unsaturated/α-hetero) is 2. The summed E-state index contributed by atoms with van der Waals surface area (Å²) in [6, 6.07) is 0. The van der Waals surface area contributed by atoms with Crippen LogP contribution in [0.5, 0.6) is 0 Å². The first kappa shape index (κ1) is 18.1. The molecule has 0 amide bonds. The highest BCUT2D eigenvalue weighted by Gasteiger charge is 2.29. The van der Waals surface area contributed by atoms with E-state index in [2.05, 4.69) is 25.7 Å². The number of allylic oxidation sites excluding steroid dienone is 5. The Balaban J connectivity index is 2.92. The third kappa shape index (κ3) is 5.84. The molecule has 0 aromatic rings. The van der Waals surface area contributed by atoms with Gasteiger partial charge in [0.15, 0.2) is 11.6 Å². The first-order chi connectivity index (χ1) is 10.2. The van der Waals surface area contributed by atoms with Gasteiger partial charge in [0, 0.05) is 24.7 Å². The molecule has 0 heterocycles. The van der Waals surface area contributed by atoms with Gasteiger partial charge in [-0.15, -0.1) is 0 Å². The lowest BCUT2D eigenvalue weighted by Crippen LogP contribution is -2.26. The fourth-order valence-electron chi connectivity index (χ4n) is 2.41. The van der Waals surface area contributed by atoms with Gasteiger partial charge < -0.3 is 5.32 Å². The molecule has 0 unspecified atom stereocenters. The van der Waals surface area contributed by atoms with Gasteiger partial charge in [0.25, 0.3) is 0 Å². The lowest BCUT2D eigenvalue weighted by Gasteiger charge is -2.26. The minimum absolute atomic E-state index is 0.0415. The number of carbonyl (C=O) groups excluding carboxylic acids is 2. The normalized spacial score (nSPS) is 21.8. The highest BCUT2D eigenvalue weighted by Crippen LogP contribution is 2.31. The lowest BCUT2D eigenvalue weighted by molar-refractivity contribution is -0.123. The van der Waals surface area contributed by atoms with Gasteiger partial charge in [-0.25, -0.2) is 0 Å². The molecule has 0 spiro atoms. The SMILES string of the molecule is C=C(C)/C=C\C(=C/C)N/C=C1/C(=O)CCCC(C)(C)CC1=O. The number of hydrogen-bond acceptors (Lipinski definition) is 3. The van der Waals surface area contributed by atoms with E-state index in [-0.39, 0.29) is 22.6 Å². The average molecular weight is 301 g/mol. The molecule has 1 aliphatic carbocycles. The van der Waals surface area contributed by atoms with E-state index in [4.69, 9.17) is 0 Å². The zero-order valence-electron chi connectivity index (χ0n) is 14.2. The van der Waals surface area contributed by atoms with Crippen molar-refractivity contribution in [2.75, 3.05) is 0 Å². The summed E-state index contributed by atoms with van der Waals surface area (Å²) in [4.78, 5) is 24.6. The van der Waals surface area contributed by atoms with E-state index in [1.54, 1.807) is 6.20 Å². The summed E-state index contributed by atoms with van der Waals surface area (Å²) < 4.78 is 0. The molecule has 22 heavy (non-hydrogen) atoms. The van der Waals surface area contributed by atoms with E-state index in [0.717, 1.165) is 24.1 Å². The Morgan fingerprint density at radius 1 is 1.23 bits per heavy atom. The molecule has 0 saturated heterocycles. The number of rotatable bonds is 4. The highest BCUT2D eigenvalue weighted by molar-refractivity contribution is 6.20. The zero-order valence-corrected chi connectivity index (χ0v) is 14.2. The number of carbonyl (C=O) groups is 2. The zero-order chi connectivity index (χ0) is 16.8. The Hall–Kier alpha value is -1.90. The molecule has 3 nitrogen and oxygen atoms in total. The average Bonchev–Trinajstić information content (AvgIpc) is 2.40. The van der Waals surface area contributed by atoms with Crippen molar-refractivity contribution >= 4 is 11.6 Å². The molecule has 0 aromatic carbocycles. The van der Waals surface area contributed by atoms with E-state index < -0.39 is 0 Å². The van der Waals surface area contributed by atoms with E-state index in [1.807, 2.05) is 32.1 Å². The second-order valence-corrected chi connectivity index (χ2v) is 6.67. The van der Waals surface area contributed by atoms with Crippen LogP contribution in [0.4, 0.5) is 0 Å². The summed E-state index contributed by atoms with van der Waals surface area (Å²) in [6.07, 6.45) is 9.80. The van der Waals surface area contributed by atoms with Gasteiger partial charge in [0.1, 0.15) is 0 Å². The van der Waals surface area contributed by atoms with Gasteiger partial charge in [-0.05, 0) is 38.2 Å². The maximum absolute atomic E-state index is 12.4. The van der Waals surface area contributed by atoms with Crippen LogP contribution < -0.4 is 5.32 Å². The van der Waals surface area contributed by atoms with E-state index in [9.17, 15) is 9.59 Å². The highest BCUT2D eigenvalue weighted by atomic mass is 16.1. The van der Waals surface area contributed by atoms with Crippen molar-refractivity contribution in [1.82, 2.24) is 5.32 Å². The van der Waals surface area contributed by atoms with Gasteiger partial charge >= 0.3 is 0 Å². The molecule has 1 aliphatic rings. The van der Waals surface area contributed by atoms with E-state index >= 15 is 0 Å². The molecule has 1 N–H and O–H groups in total. The number of ketones is 2. The molecular formula is C19H27NO2. The van der Waals surface area contributed by atoms with Crippen LogP contribution in [-0.2, 0) is 9.59 Å². The Bertz CT molecular complexity index is 548. The number of nitrogens with one attached hydrogen (secondary N) is 1. The Morgan fingerprint density at radius 3 is 2.50 bits per heavy atom. The quantitative estimate of drug-likeness (QED) is 0.480. The Labute approximate surface area is 133 Å². The van der Waals surface area contributed by atoms with Crippen molar-refractivity contribution in [1.29, 1.82) is 0 Å². The largest absolute Gasteiger partial charge is 0.361 e. The van der Waals surface area contributed by atoms with Crippen molar-refractivity contribution in [2.24, 2.45) is 5.41 Å². The third-order valence-electron chi connectivity index (χ3n) is 3.74. The lowest BCUT2D eigenvalue weighted by atomic mass is 9.78. The predicted octanol–water partition coefficient (Wildman–Crippen LogP) is 4.23. The maximum atomic E-state index is 12.4. The summed E-state index contributed by atoms with van der Waals surface area (Å²) in [7, 11) is 0. The predicted molar refractivity (Wildman–Crippen MR) is 91.2 cm³/mol. The van der Waals surface area contributed by atoms with Gasteiger partial charge in [-0.3, -0.25) is 9.59 Å². The van der Waals surface area contributed by atoms with Crippen molar-refractivity contribution < 1.29 is 9.59 Å². The molecule has 0 bridgehead atoms. The number of hydrogen-bond donors (Lipinski definition) is 1. The van der Waals surface area contributed by atoms with Crippen molar-refractivity contribution in [3.8, 4) is 0 Å². The minimum atomic E-state index is -0.0680. The molecule has 0 aromatic heterocycles. The van der Waals surface area contributed by atoms with Crippen molar-refractivity contribution in [3.05, 3.63) is 47.9 Å². The fraction of sp³-hybridized carbons (Fsp3) is 0.474. The first-order valence-corrected chi connectivity index (χ1v) is 7.78. The van der Waals surface area contributed by atoms with Crippen LogP contribution in [0, 0.1) is 5.41 Å². The summed E-state index contributed by atoms with van der Waals surface area (Å²) in [5.74, 6) is -0.131. The monoisotopic (exact) mass is 301 g/mol. The van der Waals surface area contributed by atoms with E-state index in [1.165, 1.54) is 0 Å². The fourth-order valence-corrected chi connectivity index (χ4v) is 2.41. The topological polar surface area (TPSA) is 46.2 Å². The standard InChI is InChI=1S/C19H27NO2/c1-6-15(10-9-14(2)3)20-13-16-17(21)8-7-11-19(4,5)12-18(16)22/h6,9-10,13,20H,2,7-8,11-12H2,1,3-5H3/b10-9-,15-6+,16-13-. The second kappa shape index (κ2) is 7.92. The van der Waals surface area contributed by atoms with E-state index in [0.29, 0.717) is 12.8 Å². The molecule has 1 rings (SSSR count).